The number of nitrogens with zero attached hydrogens (tertiary/aromatic N) is 1. The number of thioether (sulfide) groups is 1. The van der Waals surface area contributed by atoms with Crippen molar-refractivity contribution in [3.8, 4) is 11.2 Å². The minimum Gasteiger partial charge on any atom is -0.497 e. The predicted molar refractivity (Wildman–Crippen MR) is 78.8 cm³/mol. The Hall–Kier alpha value is -1.68. The number of carbonyl (C=O) groups is 1. The summed E-state index contributed by atoms with van der Waals surface area (Å²) < 4.78 is 43.5. The standard InChI is InChI=1S/C15H16F3NO2S/c1-9(2)4-13(22-8-19)14(20)10-5-11(15(16,17)18)7-12(6-10)21-3/h5-7,9,13H,4H2,1-3H3. The summed E-state index contributed by atoms with van der Waals surface area (Å²) >= 11 is 0.768. The van der Waals surface area contributed by atoms with E-state index in [4.69, 9.17) is 10.00 Å². The van der Waals surface area contributed by atoms with Crippen LogP contribution in [0.4, 0.5) is 13.2 Å². The molecule has 0 amide bonds. The molecule has 1 aromatic carbocycles. The largest absolute Gasteiger partial charge is 0.497 e. The van der Waals surface area contributed by atoms with Crippen LogP contribution in [0.3, 0.4) is 0 Å². The van der Waals surface area contributed by atoms with Crippen LogP contribution in [0.2, 0.25) is 0 Å². The lowest BCUT2D eigenvalue weighted by Crippen LogP contribution is -2.20. The van der Waals surface area contributed by atoms with E-state index in [0.29, 0.717) is 6.42 Å². The van der Waals surface area contributed by atoms with E-state index in [2.05, 4.69) is 0 Å². The molecule has 0 radical (unpaired) electrons. The van der Waals surface area contributed by atoms with E-state index < -0.39 is 22.8 Å². The monoisotopic (exact) mass is 331 g/mol. The Kier molecular flexibility index (Phi) is 6.30. The molecular weight excluding hydrogens is 315 g/mol. The summed E-state index contributed by atoms with van der Waals surface area (Å²) in [6.07, 6.45) is -4.16. The van der Waals surface area contributed by atoms with E-state index in [-0.39, 0.29) is 17.2 Å². The van der Waals surface area contributed by atoms with E-state index in [9.17, 15) is 18.0 Å². The molecule has 7 heteroatoms. The number of nitriles is 1. The van der Waals surface area contributed by atoms with E-state index in [1.807, 2.05) is 19.2 Å². The molecule has 0 aliphatic heterocycles. The number of halogens is 3. The quantitative estimate of drug-likeness (QED) is 0.568. The summed E-state index contributed by atoms with van der Waals surface area (Å²) in [6.45, 7) is 3.76. The normalized spacial score (nSPS) is 12.8. The molecule has 0 aliphatic carbocycles. The molecule has 0 spiro atoms. The zero-order valence-corrected chi connectivity index (χ0v) is 13.2. The number of hydrogen-bond acceptors (Lipinski definition) is 4. The van der Waals surface area contributed by atoms with Crippen molar-refractivity contribution in [2.24, 2.45) is 5.92 Å². The number of hydrogen-bond donors (Lipinski definition) is 0. The second-order valence-electron chi connectivity index (χ2n) is 5.14. The number of alkyl halides is 3. The van der Waals surface area contributed by atoms with Gasteiger partial charge in [0.15, 0.2) is 5.78 Å². The Morgan fingerprint density at radius 1 is 1.36 bits per heavy atom. The van der Waals surface area contributed by atoms with Crippen LogP contribution in [0.5, 0.6) is 5.75 Å². The number of benzene rings is 1. The van der Waals surface area contributed by atoms with Gasteiger partial charge in [0, 0.05) is 5.56 Å². The lowest BCUT2D eigenvalue weighted by atomic mass is 9.99. The van der Waals surface area contributed by atoms with Crippen molar-refractivity contribution in [1.82, 2.24) is 0 Å². The van der Waals surface area contributed by atoms with E-state index in [1.165, 1.54) is 13.2 Å². The number of thiocyanates is 1. The number of ether oxygens (including phenoxy) is 1. The molecule has 0 N–H and O–H groups in total. The van der Waals surface area contributed by atoms with Crippen LogP contribution in [-0.2, 0) is 6.18 Å². The summed E-state index contributed by atoms with van der Waals surface area (Å²) in [4.78, 5) is 12.4. The maximum Gasteiger partial charge on any atom is 0.416 e. The van der Waals surface area contributed by atoms with E-state index in [0.717, 1.165) is 23.9 Å². The summed E-state index contributed by atoms with van der Waals surface area (Å²) in [5.41, 5.74) is -1.04. The Labute approximate surface area is 131 Å². The highest BCUT2D eigenvalue weighted by Crippen LogP contribution is 2.34. The third-order valence-corrected chi connectivity index (χ3v) is 3.72. The SMILES string of the molecule is COc1cc(C(=O)C(CC(C)C)SC#N)cc(C(F)(F)F)c1. The molecule has 0 fully saturated rings. The minimum atomic E-state index is -4.57. The predicted octanol–water partition coefficient (Wildman–Crippen LogP) is 4.53. The lowest BCUT2D eigenvalue weighted by Gasteiger charge is -2.16. The second kappa shape index (κ2) is 7.54. The molecule has 0 aliphatic rings. The number of methoxy groups -OCH3 is 1. The first-order chi connectivity index (χ1) is 10.2. The topological polar surface area (TPSA) is 50.1 Å². The van der Waals surface area contributed by atoms with Crippen LogP contribution in [0.1, 0.15) is 36.2 Å². The zero-order chi connectivity index (χ0) is 16.9. The van der Waals surface area contributed by atoms with E-state index >= 15 is 0 Å². The van der Waals surface area contributed by atoms with Gasteiger partial charge in [-0.15, -0.1) is 0 Å². The van der Waals surface area contributed by atoms with Crippen LogP contribution in [0.15, 0.2) is 18.2 Å². The van der Waals surface area contributed by atoms with Gasteiger partial charge in [-0.2, -0.15) is 18.4 Å². The molecule has 22 heavy (non-hydrogen) atoms. The van der Waals surface area contributed by atoms with Gasteiger partial charge < -0.3 is 4.74 Å². The number of ketones is 1. The highest BCUT2D eigenvalue weighted by atomic mass is 32.2. The Morgan fingerprint density at radius 3 is 2.45 bits per heavy atom. The van der Waals surface area contributed by atoms with Crippen LogP contribution >= 0.6 is 11.8 Å². The fraction of sp³-hybridized carbons (Fsp3) is 0.467. The van der Waals surface area contributed by atoms with Crippen molar-refractivity contribution < 1.29 is 22.7 Å². The summed E-state index contributed by atoms with van der Waals surface area (Å²) in [6, 6.07) is 2.91. The van der Waals surface area contributed by atoms with Crippen molar-refractivity contribution in [2.75, 3.05) is 7.11 Å². The smallest absolute Gasteiger partial charge is 0.416 e. The minimum absolute atomic E-state index is 0.0385. The van der Waals surface area contributed by atoms with Gasteiger partial charge in [-0.25, -0.2) is 0 Å². The fourth-order valence-electron chi connectivity index (χ4n) is 1.91. The Morgan fingerprint density at radius 2 is 2.00 bits per heavy atom. The molecule has 1 rings (SSSR count). The van der Waals surface area contributed by atoms with Crippen LogP contribution in [-0.4, -0.2) is 18.1 Å². The van der Waals surface area contributed by atoms with Gasteiger partial charge in [0.25, 0.3) is 0 Å². The van der Waals surface area contributed by atoms with Gasteiger partial charge in [-0.1, -0.05) is 13.8 Å². The van der Waals surface area contributed by atoms with Crippen molar-refractivity contribution in [2.45, 2.75) is 31.7 Å². The second-order valence-corrected chi connectivity index (χ2v) is 6.13. The molecule has 120 valence electrons. The van der Waals surface area contributed by atoms with Crippen molar-refractivity contribution in [3.63, 3.8) is 0 Å². The molecule has 1 atom stereocenters. The zero-order valence-electron chi connectivity index (χ0n) is 12.4. The highest BCUT2D eigenvalue weighted by Gasteiger charge is 2.33. The first-order valence-electron chi connectivity index (χ1n) is 6.54. The van der Waals surface area contributed by atoms with Gasteiger partial charge in [-0.3, -0.25) is 4.79 Å². The highest BCUT2D eigenvalue weighted by molar-refractivity contribution is 8.05. The van der Waals surface area contributed by atoms with Gasteiger partial charge >= 0.3 is 6.18 Å². The molecule has 0 bridgehead atoms. The lowest BCUT2D eigenvalue weighted by molar-refractivity contribution is -0.137. The maximum atomic E-state index is 12.9. The Balaban J connectivity index is 3.23. The molecule has 3 nitrogen and oxygen atoms in total. The number of rotatable bonds is 6. The van der Waals surface area contributed by atoms with Gasteiger partial charge in [0.2, 0.25) is 0 Å². The average Bonchev–Trinajstić information content (AvgIpc) is 2.44. The first kappa shape index (κ1) is 18.4. The fourth-order valence-corrected chi connectivity index (χ4v) is 2.76. The van der Waals surface area contributed by atoms with E-state index in [1.54, 1.807) is 0 Å². The van der Waals surface area contributed by atoms with Crippen LogP contribution in [0.25, 0.3) is 0 Å². The molecule has 1 unspecified atom stereocenters. The van der Waals surface area contributed by atoms with Crippen molar-refractivity contribution in [3.05, 3.63) is 29.3 Å². The first-order valence-corrected chi connectivity index (χ1v) is 7.42. The third-order valence-electron chi connectivity index (χ3n) is 2.93. The maximum absolute atomic E-state index is 12.9. The summed E-state index contributed by atoms with van der Waals surface area (Å²) in [5, 5.41) is 9.93. The summed E-state index contributed by atoms with van der Waals surface area (Å²) in [5.74, 6) is -0.393. The van der Waals surface area contributed by atoms with Gasteiger partial charge in [-0.05, 0) is 42.3 Å². The van der Waals surface area contributed by atoms with Crippen molar-refractivity contribution in [1.29, 1.82) is 5.26 Å². The number of Topliss-reactive ketones (excluding diaryl/α,β-unsaturated/α-hetero) is 1. The van der Waals surface area contributed by atoms with Crippen LogP contribution < -0.4 is 4.74 Å². The average molecular weight is 331 g/mol. The summed E-state index contributed by atoms with van der Waals surface area (Å²) in [7, 11) is 1.24. The van der Waals surface area contributed by atoms with Crippen molar-refractivity contribution >= 4 is 17.5 Å². The molecule has 0 heterocycles. The van der Waals surface area contributed by atoms with Crippen LogP contribution in [0, 0.1) is 16.6 Å². The molecule has 0 aromatic heterocycles. The molecule has 0 saturated carbocycles. The number of carbonyl (C=O) groups excluding carboxylic acids is 1. The third kappa shape index (κ3) is 4.95. The molecular formula is C15H16F3NO2S. The molecule has 0 saturated heterocycles. The molecule has 1 aromatic rings. The van der Waals surface area contributed by atoms with Gasteiger partial charge in [0.05, 0.1) is 17.9 Å². The van der Waals surface area contributed by atoms with Gasteiger partial charge in [0.1, 0.15) is 11.2 Å². The Bertz CT molecular complexity index is 579.